The molecule has 0 aliphatic carbocycles. The van der Waals surface area contributed by atoms with E-state index < -0.39 is 0 Å². The number of carbonyl (C=O) groups excluding carboxylic acids is 1. The molecule has 6 nitrogen and oxygen atoms in total. The van der Waals surface area contributed by atoms with Gasteiger partial charge in [0.25, 0.3) is 0 Å². The summed E-state index contributed by atoms with van der Waals surface area (Å²) in [6.07, 6.45) is 5.27. The van der Waals surface area contributed by atoms with E-state index in [4.69, 9.17) is 9.84 Å². The minimum atomic E-state index is -0.316. The van der Waals surface area contributed by atoms with E-state index >= 15 is 0 Å². The molecule has 0 radical (unpaired) electrons. The van der Waals surface area contributed by atoms with Crippen LogP contribution >= 0.6 is 0 Å². The fraction of sp³-hybridized carbons (Fsp3) is 0.333. The van der Waals surface area contributed by atoms with Crippen LogP contribution in [0.1, 0.15) is 50.3 Å². The molecule has 0 aromatic heterocycles. The predicted octanol–water partition coefficient (Wildman–Crippen LogP) is 6.06. The number of aliphatic hydroxyl groups excluding tert-OH is 2. The number of aliphatic imine (C=N–C) groups is 1. The zero-order valence-electron chi connectivity index (χ0n) is 19.7. The highest BCUT2D eigenvalue weighted by atomic mass is 19.1. The molecule has 1 aliphatic rings. The Bertz CT molecular complexity index is 974. The number of halogens is 1. The first-order valence-electron chi connectivity index (χ1n) is 11.3. The minimum Gasteiger partial charge on any atom is -0.493 e. The van der Waals surface area contributed by atoms with E-state index in [1.807, 2.05) is 44.2 Å². The van der Waals surface area contributed by atoms with E-state index in [-0.39, 0.29) is 36.5 Å². The van der Waals surface area contributed by atoms with Gasteiger partial charge in [-0.3, -0.25) is 0 Å². The van der Waals surface area contributed by atoms with Crippen molar-refractivity contribution in [2.75, 3.05) is 13.2 Å². The number of nitrogens with zero attached hydrogens (tertiary/aromatic N) is 2. The molecule has 2 atom stereocenters. The van der Waals surface area contributed by atoms with Crippen molar-refractivity contribution in [2.45, 2.75) is 45.3 Å². The van der Waals surface area contributed by atoms with Gasteiger partial charge in [0.2, 0.25) is 5.88 Å². The lowest BCUT2D eigenvalue weighted by Gasteiger charge is -2.35. The predicted molar refractivity (Wildman–Crippen MR) is 133 cm³/mol. The summed E-state index contributed by atoms with van der Waals surface area (Å²) < 4.78 is 17.4. The molecule has 0 bridgehead atoms. The molecule has 3 rings (SSSR count). The van der Waals surface area contributed by atoms with Crippen molar-refractivity contribution in [3.05, 3.63) is 89.6 Å². The highest BCUT2D eigenvalue weighted by Gasteiger charge is 2.30. The normalized spacial score (nSPS) is 17.4. The summed E-state index contributed by atoms with van der Waals surface area (Å²) in [5.74, 6) is -0.301. The molecule has 34 heavy (non-hydrogen) atoms. The Morgan fingerprint density at radius 3 is 2.44 bits per heavy atom. The number of hydrogen-bond donors (Lipinski definition) is 2. The Hall–Kier alpha value is -3.45. The fourth-order valence-corrected chi connectivity index (χ4v) is 3.61. The molecule has 1 saturated heterocycles. The van der Waals surface area contributed by atoms with Gasteiger partial charge in [0.1, 0.15) is 11.9 Å². The third-order valence-corrected chi connectivity index (χ3v) is 5.51. The highest BCUT2D eigenvalue weighted by molar-refractivity contribution is 5.76. The fourth-order valence-electron chi connectivity index (χ4n) is 3.61. The maximum Gasteiger partial charge on any atom is 0.410 e. The van der Waals surface area contributed by atoms with Crippen LogP contribution in [-0.2, 0) is 4.74 Å². The number of cyclic esters (lactones) is 1. The highest BCUT2D eigenvalue weighted by Crippen LogP contribution is 2.28. The lowest BCUT2D eigenvalue weighted by atomic mass is 10.00. The quantitative estimate of drug-likeness (QED) is 0.280. The molecule has 0 spiro atoms. The Labute approximate surface area is 200 Å². The molecule has 2 unspecified atom stereocenters. The van der Waals surface area contributed by atoms with Crippen molar-refractivity contribution in [1.29, 1.82) is 0 Å². The Morgan fingerprint density at radius 2 is 1.94 bits per heavy atom. The van der Waals surface area contributed by atoms with Crippen LogP contribution in [0.4, 0.5) is 9.18 Å². The van der Waals surface area contributed by atoms with E-state index in [2.05, 4.69) is 11.7 Å². The molecule has 2 aromatic carbocycles. The van der Waals surface area contributed by atoms with Crippen molar-refractivity contribution in [2.24, 2.45) is 4.99 Å². The number of hydrogen-bond acceptors (Lipinski definition) is 5. The average Bonchev–Trinajstić information content (AvgIpc) is 2.86. The monoisotopic (exact) mass is 468 g/mol. The molecule has 2 aromatic rings. The van der Waals surface area contributed by atoms with Gasteiger partial charge in [-0.1, -0.05) is 54.6 Å². The molecule has 7 heteroatoms. The zero-order valence-corrected chi connectivity index (χ0v) is 19.7. The largest absolute Gasteiger partial charge is 0.493 e. The first-order valence-corrected chi connectivity index (χ1v) is 11.3. The number of allylic oxidation sites excluding steroid dienone is 3. The van der Waals surface area contributed by atoms with Crippen LogP contribution in [0.25, 0.3) is 5.57 Å². The van der Waals surface area contributed by atoms with Crippen molar-refractivity contribution in [3.63, 3.8) is 0 Å². The molecular formula is C27H33FN2O4. The second kappa shape index (κ2) is 14.0. The lowest BCUT2D eigenvalue weighted by Crippen LogP contribution is -2.43. The van der Waals surface area contributed by atoms with E-state index in [1.165, 1.54) is 12.1 Å². The van der Waals surface area contributed by atoms with Gasteiger partial charge in [-0.25, -0.2) is 14.2 Å². The van der Waals surface area contributed by atoms with Gasteiger partial charge in [0, 0.05) is 25.1 Å². The third kappa shape index (κ3) is 7.85. The number of amides is 1. The summed E-state index contributed by atoms with van der Waals surface area (Å²) in [4.78, 5) is 17.7. The van der Waals surface area contributed by atoms with E-state index in [1.54, 1.807) is 29.2 Å². The first kappa shape index (κ1) is 26.8. The first-order chi connectivity index (χ1) is 16.4. The topological polar surface area (TPSA) is 82.4 Å². The molecule has 1 amide bonds. The minimum absolute atomic E-state index is 0.112. The zero-order chi connectivity index (χ0) is 24.9. The SMILES string of the molecule is C=N/C(O)=C(\C=C/C)c1ccc(C(C)N2CCC(CCCO)OC2=O)cc1.Fc1ccccc1. The van der Waals surface area contributed by atoms with Crippen molar-refractivity contribution in [1.82, 2.24) is 4.90 Å². The second-order valence-corrected chi connectivity index (χ2v) is 7.84. The summed E-state index contributed by atoms with van der Waals surface area (Å²) in [5, 5.41) is 18.8. The van der Waals surface area contributed by atoms with E-state index in [9.17, 15) is 14.3 Å². The number of aliphatic hydroxyl groups is 2. The van der Waals surface area contributed by atoms with Gasteiger partial charge in [-0.15, -0.1) is 0 Å². The molecule has 0 saturated carbocycles. The maximum atomic E-state index is 12.3. The molecule has 1 heterocycles. The van der Waals surface area contributed by atoms with Crippen LogP contribution in [0.2, 0.25) is 0 Å². The van der Waals surface area contributed by atoms with Crippen LogP contribution in [0.3, 0.4) is 0 Å². The van der Waals surface area contributed by atoms with Crippen LogP contribution < -0.4 is 0 Å². The molecule has 182 valence electrons. The lowest BCUT2D eigenvalue weighted by molar-refractivity contribution is 0.00760. The summed E-state index contributed by atoms with van der Waals surface area (Å²) in [6.45, 7) is 7.94. The smallest absolute Gasteiger partial charge is 0.410 e. The molecule has 1 aliphatic heterocycles. The summed E-state index contributed by atoms with van der Waals surface area (Å²) in [7, 11) is 0. The van der Waals surface area contributed by atoms with Gasteiger partial charge < -0.3 is 19.8 Å². The number of benzene rings is 2. The molecular weight excluding hydrogens is 435 g/mol. The molecule has 2 N–H and O–H groups in total. The van der Waals surface area contributed by atoms with Crippen LogP contribution in [-0.4, -0.2) is 47.2 Å². The Morgan fingerprint density at radius 1 is 1.26 bits per heavy atom. The van der Waals surface area contributed by atoms with Crippen molar-refractivity contribution >= 4 is 18.4 Å². The third-order valence-electron chi connectivity index (χ3n) is 5.51. The summed E-state index contributed by atoms with van der Waals surface area (Å²) >= 11 is 0. The maximum absolute atomic E-state index is 12.3. The van der Waals surface area contributed by atoms with Crippen molar-refractivity contribution < 1.29 is 24.1 Å². The Kier molecular flexibility index (Phi) is 11.0. The summed E-state index contributed by atoms with van der Waals surface area (Å²) in [5.41, 5.74) is 2.39. The number of ether oxygens (including phenoxy) is 1. The Balaban J connectivity index is 0.000000497. The van der Waals surface area contributed by atoms with Gasteiger partial charge >= 0.3 is 6.09 Å². The van der Waals surface area contributed by atoms with Crippen molar-refractivity contribution in [3.8, 4) is 0 Å². The number of carbonyl (C=O) groups is 1. The summed E-state index contributed by atoms with van der Waals surface area (Å²) in [6, 6.07) is 15.5. The average molecular weight is 469 g/mol. The molecule has 1 fully saturated rings. The van der Waals surface area contributed by atoms with Crippen LogP contribution in [0.15, 0.2) is 77.6 Å². The number of rotatable bonds is 8. The van der Waals surface area contributed by atoms with Gasteiger partial charge in [0.15, 0.2) is 0 Å². The van der Waals surface area contributed by atoms with Gasteiger partial charge in [-0.2, -0.15) is 0 Å². The van der Waals surface area contributed by atoms with Gasteiger partial charge in [-0.05, 0) is 56.7 Å². The van der Waals surface area contributed by atoms with Crippen LogP contribution in [0.5, 0.6) is 0 Å². The van der Waals surface area contributed by atoms with Crippen LogP contribution in [0, 0.1) is 5.82 Å². The van der Waals surface area contributed by atoms with E-state index in [0.717, 1.165) is 17.5 Å². The van der Waals surface area contributed by atoms with E-state index in [0.29, 0.717) is 25.0 Å². The second-order valence-electron chi connectivity index (χ2n) is 7.84. The van der Waals surface area contributed by atoms with Gasteiger partial charge in [0.05, 0.1) is 6.04 Å². The standard InChI is InChI=1S/C21H28N2O4.C6H5F/c1-4-6-19(20(25)22-3)17-10-8-16(9-11-17)15(2)23-13-12-18(7-5-14-24)27-21(23)26;7-6-4-2-1-3-5-6/h4,6,8-11,15,18,24-25H,3,5,7,12-14H2,1-2H3;1-5H/b6-4-,20-19-;.